The number of benzene rings is 1. The van der Waals surface area contributed by atoms with Crippen LogP contribution in [0.4, 0.5) is 0 Å². The van der Waals surface area contributed by atoms with Crippen LogP contribution in [0.3, 0.4) is 0 Å². The Hall–Kier alpha value is -1.46. The van der Waals surface area contributed by atoms with Gasteiger partial charge >= 0.3 is 5.97 Å². The normalized spacial score (nSPS) is 16.2. The summed E-state index contributed by atoms with van der Waals surface area (Å²) in [5.74, 6) is 0.776. The summed E-state index contributed by atoms with van der Waals surface area (Å²) in [6, 6.07) is 5.06. The van der Waals surface area contributed by atoms with E-state index < -0.39 is 17.5 Å². The van der Waals surface area contributed by atoms with E-state index in [9.17, 15) is 9.90 Å². The SMILES string of the molecule is CC(=O)OC[C@H](Cl)[C@H](O)c1ccc2c(c1)OCO2. The Morgan fingerprint density at radius 3 is 2.94 bits per heavy atom. The Balaban J connectivity index is 2.04. The molecular weight excluding hydrogens is 260 g/mol. The number of halogens is 1. The molecule has 0 saturated carbocycles. The van der Waals surface area contributed by atoms with Crippen LogP contribution in [0.25, 0.3) is 0 Å². The van der Waals surface area contributed by atoms with Crippen LogP contribution in [0.2, 0.25) is 0 Å². The number of aliphatic hydroxyl groups is 1. The van der Waals surface area contributed by atoms with Crippen LogP contribution < -0.4 is 9.47 Å². The van der Waals surface area contributed by atoms with Crippen LogP contribution in [0, 0.1) is 0 Å². The molecule has 0 bridgehead atoms. The van der Waals surface area contributed by atoms with E-state index in [2.05, 4.69) is 0 Å². The van der Waals surface area contributed by atoms with E-state index in [4.69, 9.17) is 25.8 Å². The van der Waals surface area contributed by atoms with Crippen LogP contribution in [-0.4, -0.2) is 29.9 Å². The minimum atomic E-state index is -0.944. The van der Waals surface area contributed by atoms with Gasteiger partial charge in [0.1, 0.15) is 6.61 Å². The zero-order valence-electron chi connectivity index (χ0n) is 9.76. The maximum atomic E-state index is 10.7. The van der Waals surface area contributed by atoms with E-state index in [-0.39, 0.29) is 13.4 Å². The highest BCUT2D eigenvalue weighted by molar-refractivity contribution is 6.21. The molecule has 0 unspecified atom stereocenters. The molecule has 18 heavy (non-hydrogen) atoms. The quantitative estimate of drug-likeness (QED) is 0.666. The highest BCUT2D eigenvalue weighted by Gasteiger charge is 2.22. The number of ether oxygens (including phenoxy) is 3. The van der Waals surface area contributed by atoms with Gasteiger partial charge in [-0.05, 0) is 17.7 Å². The molecule has 1 aromatic rings. The van der Waals surface area contributed by atoms with Crippen LogP contribution in [0.5, 0.6) is 11.5 Å². The van der Waals surface area contributed by atoms with E-state index in [0.717, 1.165) is 0 Å². The van der Waals surface area contributed by atoms with Crippen molar-refractivity contribution in [3.63, 3.8) is 0 Å². The smallest absolute Gasteiger partial charge is 0.302 e. The molecular formula is C12H13ClO5. The lowest BCUT2D eigenvalue weighted by atomic mass is 10.1. The highest BCUT2D eigenvalue weighted by Crippen LogP contribution is 2.35. The van der Waals surface area contributed by atoms with Crippen LogP contribution in [0.1, 0.15) is 18.6 Å². The van der Waals surface area contributed by atoms with Crippen molar-refractivity contribution in [1.82, 2.24) is 0 Å². The summed E-state index contributed by atoms with van der Waals surface area (Å²) < 4.78 is 15.1. The second kappa shape index (κ2) is 5.46. The van der Waals surface area contributed by atoms with Gasteiger partial charge in [0.25, 0.3) is 0 Å². The monoisotopic (exact) mass is 272 g/mol. The summed E-state index contributed by atoms with van der Waals surface area (Å²) >= 11 is 5.96. The molecule has 6 heteroatoms. The summed E-state index contributed by atoms with van der Waals surface area (Å²) in [6.45, 7) is 1.41. The molecule has 0 radical (unpaired) electrons. The first-order valence-electron chi connectivity index (χ1n) is 5.43. The highest BCUT2D eigenvalue weighted by atomic mass is 35.5. The van der Waals surface area contributed by atoms with Crippen molar-refractivity contribution >= 4 is 17.6 Å². The average Bonchev–Trinajstić information content (AvgIpc) is 2.81. The molecule has 5 nitrogen and oxygen atoms in total. The van der Waals surface area contributed by atoms with Gasteiger partial charge in [-0.2, -0.15) is 0 Å². The summed E-state index contributed by atoms with van der Waals surface area (Å²) in [5.41, 5.74) is 0.589. The second-order valence-electron chi connectivity index (χ2n) is 3.88. The first kappa shape index (κ1) is 13.0. The molecule has 2 atom stereocenters. The molecule has 98 valence electrons. The maximum absolute atomic E-state index is 10.7. The first-order chi connectivity index (χ1) is 8.58. The number of hydrogen-bond donors (Lipinski definition) is 1. The molecule has 1 N–H and O–H groups in total. The van der Waals surface area contributed by atoms with Crippen molar-refractivity contribution < 1.29 is 24.1 Å². The summed E-state index contributed by atoms with van der Waals surface area (Å²) in [6.07, 6.45) is -0.944. The van der Waals surface area contributed by atoms with Crippen LogP contribution >= 0.6 is 11.6 Å². The fraction of sp³-hybridized carbons (Fsp3) is 0.417. The fourth-order valence-corrected chi connectivity index (χ4v) is 1.80. The molecule has 2 rings (SSSR count). The van der Waals surface area contributed by atoms with Crippen molar-refractivity contribution in [1.29, 1.82) is 0 Å². The molecule has 1 aliphatic heterocycles. The number of carbonyl (C=O) groups is 1. The van der Waals surface area contributed by atoms with Crippen molar-refractivity contribution in [2.24, 2.45) is 0 Å². The molecule has 0 saturated heterocycles. The molecule has 0 aromatic heterocycles. The topological polar surface area (TPSA) is 65.0 Å². The summed E-state index contributed by atoms with van der Waals surface area (Å²) in [4.78, 5) is 10.7. The third kappa shape index (κ3) is 2.86. The van der Waals surface area contributed by atoms with Gasteiger partial charge < -0.3 is 19.3 Å². The maximum Gasteiger partial charge on any atom is 0.302 e. The van der Waals surface area contributed by atoms with Crippen molar-refractivity contribution in [3.8, 4) is 11.5 Å². The molecule has 0 spiro atoms. The third-order valence-corrected chi connectivity index (χ3v) is 2.89. The minimum absolute atomic E-state index is 0.0491. The molecule has 1 aliphatic rings. The fourth-order valence-electron chi connectivity index (χ4n) is 1.59. The zero-order chi connectivity index (χ0) is 13.1. The Bertz CT molecular complexity index is 448. The molecule has 1 aromatic carbocycles. The number of esters is 1. The molecule has 0 fully saturated rings. The predicted molar refractivity (Wildman–Crippen MR) is 63.8 cm³/mol. The van der Waals surface area contributed by atoms with Gasteiger partial charge in [-0.15, -0.1) is 11.6 Å². The van der Waals surface area contributed by atoms with E-state index in [1.807, 2.05) is 0 Å². The van der Waals surface area contributed by atoms with Gasteiger partial charge in [-0.25, -0.2) is 0 Å². The Labute approximate surface area is 109 Å². The largest absolute Gasteiger partial charge is 0.464 e. The number of fused-ring (bicyclic) bond motifs is 1. The number of hydrogen-bond acceptors (Lipinski definition) is 5. The Kier molecular flexibility index (Phi) is 3.93. The molecule has 0 aliphatic carbocycles. The Morgan fingerprint density at radius 2 is 2.22 bits per heavy atom. The van der Waals surface area contributed by atoms with Crippen molar-refractivity contribution in [2.75, 3.05) is 13.4 Å². The van der Waals surface area contributed by atoms with Crippen LogP contribution in [-0.2, 0) is 9.53 Å². The van der Waals surface area contributed by atoms with Gasteiger partial charge in [0.05, 0.1) is 11.5 Å². The number of rotatable bonds is 4. The van der Waals surface area contributed by atoms with Gasteiger partial charge in [0.15, 0.2) is 11.5 Å². The van der Waals surface area contributed by atoms with E-state index in [1.165, 1.54) is 6.92 Å². The average molecular weight is 273 g/mol. The van der Waals surface area contributed by atoms with Gasteiger partial charge in [0, 0.05) is 6.92 Å². The van der Waals surface area contributed by atoms with Crippen LogP contribution in [0.15, 0.2) is 18.2 Å². The van der Waals surface area contributed by atoms with Crippen molar-refractivity contribution in [3.05, 3.63) is 23.8 Å². The lowest BCUT2D eigenvalue weighted by Crippen LogP contribution is -2.20. The standard InChI is InChI=1S/C12H13ClO5/c1-7(14)16-5-9(13)12(15)8-2-3-10-11(4-8)18-6-17-10/h2-4,9,12,15H,5-6H2,1H3/t9-,12+/m0/s1. The number of alkyl halides is 1. The first-order valence-corrected chi connectivity index (χ1v) is 5.86. The summed E-state index contributed by atoms with van der Waals surface area (Å²) in [7, 11) is 0. The third-order valence-electron chi connectivity index (χ3n) is 2.53. The summed E-state index contributed by atoms with van der Waals surface area (Å²) in [5, 5.41) is 9.30. The molecule has 1 heterocycles. The lowest BCUT2D eigenvalue weighted by molar-refractivity contribution is -0.141. The van der Waals surface area contributed by atoms with Gasteiger partial charge in [-0.1, -0.05) is 6.07 Å². The van der Waals surface area contributed by atoms with E-state index in [0.29, 0.717) is 17.1 Å². The number of carbonyl (C=O) groups excluding carboxylic acids is 1. The van der Waals surface area contributed by atoms with E-state index >= 15 is 0 Å². The lowest BCUT2D eigenvalue weighted by Gasteiger charge is -2.17. The van der Waals surface area contributed by atoms with E-state index in [1.54, 1.807) is 18.2 Å². The zero-order valence-corrected chi connectivity index (χ0v) is 10.5. The van der Waals surface area contributed by atoms with Gasteiger partial charge in [0.2, 0.25) is 6.79 Å². The second-order valence-corrected chi connectivity index (χ2v) is 4.44. The van der Waals surface area contributed by atoms with Crippen molar-refractivity contribution in [2.45, 2.75) is 18.4 Å². The number of aliphatic hydroxyl groups excluding tert-OH is 1. The Morgan fingerprint density at radius 1 is 1.50 bits per heavy atom. The predicted octanol–water partition coefficient (Wildman–Crippen LogP) is 1.62. The minimum Gasteiger partial charge on any atom is -0.464 e. The molecule has 0 amide bonds. The van der Waals surface area contributed by atoms with Gasteiger partial charge in [-0.3, -0.25) is 4.79 Å².